The molecule has 2 rings (SSSR count). The van der Waals surface area contributed by atoms with Gasteiger partial charge < -0.3 is 9.30 Å². The summed E-state index contributed by atoms with van der Waals surface area (Å²) in [5, 5.41) is 0. The van der Waals surface area contributed by atoms with E-state index in [-0.39, 0.29) is 17.8 Å². The van der Waals surface area contributed by atoms with Crippen LogP contribution in [0.15, 0.2) is 18.3 Å². The highest BCUT2D eigenvalue weighted by atomic mass is 16.5. The third kappa shape index (κ3) is 2.45. The molecular weight excluding hydrogens is 242 g/mol. The van der Waals surface area contributed by atoms with Crippen molar-refractivity contribution in [2.75, 3.05) is 6.61 Å². The van der Waals surface area contributed by atoms with Crippen LogP contribution in [-0.4, -0.2) is 27.1 Å². The molecule has 0 amide bonds. The van der Waals surface area contributed by atoms with Gasteiger partial charge in [-0.2, -0.15) is 0 Å². The zero-order chi connectivity index (χ0) is 14.0. The van der Waals surface area contributed by atoms with E-state index < -0.39 is 0 Å². The number of pyridine rings is 1. The third-order valence-corrected chi connectivity index (χ3v) is 3.18. The van der Waals surface area contributed by atoms with Crippen molar-refractivity contribution in [2.24, 2.45) is 13.0 Å². The Bertz CT molecular complexity index is 589. The number of aryl methyl sites for hydroxylation is 1. The highest BCUT2D eigenvalue weighted by molar-refractivity contribution is 5.80. The summed E-state index contributed by atoms with van der Waals surface area (Å²) in [6, 6.07) is 3.81. The van der Waals surface area contributed by atoms with Crippen LogP contribution in [0.2, 0.25) is 0 Å². The van der Waals surface area contributed by atoms with Crippen LogP contribution < -0.4 is 0 Å². The zero-order valence-corrected chi connectivity index (χ0v) is 11.8. The van der Waals surface area contributed by atoms with Crippen molar-refractivity contribution >= 4 is 17.1 Å². The molecule has 0 N–H and O–H groups in total. The maximum atomic E-state index is 12.1. The van der Waals surface area contributed by atoms with Gasteiger partial charge in [-0.15, -0.1) is 0 Å². The number of hydrogen-bond donors (Lipinski definition) is 0. The van der Waals surface area contributed by atoms with E-state index in [1.807, 2.05) is 44.5 Å². The fourth-order valence-corrected chi connectivity index (χ4v) is 2.23. The highest BCUT2D eigenvalue weighted by Gasteiger charge is 2.30. The molecule has 0 radical (unpaired) electrons. The summed E-state index contributed by atoms with van der Waals surface area (Å²) >= 11 is 0. The van der Waals surface area contributed by atoms with Crippen molar-refractivity contribution in [3.05, 3.63) is 24.2 Å². The number of carbonyl (C=O) groups excluding carboxylic acids is 1. The van der Waals surface area contributed by atoms with Gasteiger partial charge in [0.15, 0.2) is 5.65 Å². The van der Waals surface area contributed by atoms with Gasteiger partial charge in [-0.1, -0.05) is 13.8 Å². The Labute approximate surface area is 112 Å². The Morgan fingerprint density at radius 2 is 2.21 bits per heavy atom. The van der Waals surface area contributed by atoms with Crippen LogP contribution in [-0.2, 0) is 16.6 Å². The Morgan fingerprint density at radius 3 is 2.79 bits per heavy atom. The van der Waals surface area contributed by atoms with Crippen molar-refractivity contribution in [1.29, 1.82) is 0 Å². The van der Waals surface area contributed by atoms with Gasteiger partial charge in [-0.25, -0.2) is 9.97 Å². The van der Waals surface area contributed by atoms with Crippen molar-refractivity contribution in [2.45, 2.75) is 26.7 Å². The standard InChI is InChI=1S/C14H19N3O2/c1-5-19-14(18)11(9(2)3)13-16-12-10(17(13)4)7-6-8-15-12/h6-9,11H,5H2,1-4H3. The quantitative estimate of drug-likeness (QED) is 0.792. The van der Waals surface area contributed by atoms with Gasteiger partial charge in [0, 0.05) is 13.2 Å². The highest BCUT2D eigenvalue weighted by Crippen LogP contribution is 2.27. The molecule has 0 aromatic carbocycles. The van der Waals surface area contributed by atoms with Gasteiger partial charge in [-0.3, -0.25) is 4.79 Å². The molecule has 0 bridgehead atoms. The summed E-state index contributed by atoms with van der Waals surface area (Å²) in [6.45, 7) is 6.18. The van der Waals surface area contributed by atoms with Crippen LogP contribution >= 0.6 is 0 Å². The minimum absolute atomic E-state index is 0.120. The van der Waals surface area contributed by atoms with E-state index in [1.54, 1.807) is 6.20 Å². The number of imidazole rings is 1. The lowest BCUT2D eigenvalue weighted by Crippen LogP contribution is -2.23. The fraction of sp³-hybridized carbons (Fsp3) is 0.500. The topological polar surface area (TPSA) is 57.0 Å². The maximum Gasteiger partial charge on any atom is 0.316 e. The molecule has 5 heteroatoms. The molecule has 0 aliphatic rings. The van der Waals surface area contributed by atoms with Crippen molar-refractivity contribution < 1.29 is 9.53 Å². The molecule has 1 atom stereocenters. The molecule has 0 spiro atoms. The lowest BCUT2D eigenvalue weighted by molar-refractivity contribution is -0.146. The minimum atomic E-state index is -0.362. The summed E-state index contributed by atoms with van der Waals surface area (Å²) < 4.78 is 7.08. The van der Waals surface area contributed by atoms with E-state index in [0.717, 1.165) is 5.52 Å². The number of fused-ring (bicyclic) bond motifs is 1. The largest absolute Gasteiger partial charge is 0.465 e. The van der Waals surface area contributed by atoms with Gasteiger partial charge in [0.05, 0.1) is 12.1 Å². The van der Waals surface area contributed by atoms with E-state index in [9.17, 15) is 4.79 Å². The SMILES string of the molecule is CCOC(=O)C(c1nc2ncccc2n1C)C(C)C. The second kappa shape index (κ2) is 5.38. The molecule has 0 saturated heterocycles. The summed E-state index contributed by atoms with van der Waals surface area (Å²) in [5.41, 5.74) is 1.59. The Morgan fingerprint density at radius 1 is 1.47 bits per heavy atom. The zero-order valence-electron chi connectivity index (χ0n) is 11.8. The van der Waals surface area contributed by atoms with Crippen LogP contribution in [0.5, 0.6) is 0 Å². The molecule has 0 saturated carbocycles. The second-order valence-electron chi connectivity index (χ2n) is 4.85. The van der Waals surface area contributed by atoms with E-state index in [1.165, 1.54) is 0 Å². The van der Waals surface area contributed by atoms with Gasteiger partial charge in [-0.05, 0) is 25.0 Å². The monoisotopic (exact) mass is 261 g/mol. The molecule has 2 aromatic heterocycles. The first-order chi connectivity index (χ1) is 9.06. The molecule has 102 valence electrons. The van der Waals surface area contributed by atoms with Gasteiger partial charge in [0.2, 0.25) is 0 Å². The summed E-state index contributed by atoms with van der Waals surface area (Å²) in [6.07, 6.45) is 1.70. The molecule has 5 nitrogen and oxygen atoms in total. The number of carbonyl (C=O) groups is 1. The molecule has 2 heterocycles. The maximum absolute atomic E-state index is 12.1. The Kier molecular flexibility index (Phi) is 3.83. The lowest BCUT2D eigenvalue weighted by Gasteiger charge is -2.18. The lowest BCUT2D eigenvalue weighted by atomic mass is 9.95. The molecule has 0 fully saturated rings. The Balaban J connectivity index is 2.50. The molecule has 0 aliphatic heterocycles. The number of nitrogens with zero attached hydrogens (tertiary/aromatic N) is 3. The number of esters is 1. The van der Waals surface area contributed by atoms with Crippen LogP contribution in [0.3, 0.4) is 0 Å². The van der Waals surface area contributed by atoms with E-state index in [2.05, 4.69) is 9.97 Å². The molecule has 1 unspecified atom stereocenters. The number of ether oxygens (including phenoxy) is 1. The summed E-state index contributed by atoms with van der Waals surface area (Å²) in [7, 11) is 1.90. The van der Waals surface area contributed by atoms with Gasteiger partial charge >= 0.3 is 5.97 Å². The van der Waals surface area contributed by atoms with Crippen molar-refractivity contribution in [1.82, 2.24) is 14.5 Å². The number of hydrogen-bond acceptors (Lipinski definition) is 4. The first-order valence-corrected chi connectivity index (χ1v) is 6.50. The second-order valence-corrected chi connectivity index (χ2v) is 4.85. The molecule has 19 heavy (non-hydrogen) atoms. The van der Waals surface area contributed by atoms with E-state index in [4.69, 9.17) is 4.74 Å². The Hall–Kier alpha value is -1.91. The number of aromatic nitrogens is 3. The molecule has 2 aromatic rings. The third-order valence-electron chi connectivity index (χ3n) is 3.18. The van der Waals surface area contributed by atoms with E-state index in [0.29, 0.717) is 18.1 Å². The van der Waals surface area contributed by atoms with Gasteiger partial charge in [0.25, 0.3) is 0 Å². The number of rotatable bonds is 4. The average Bonchev–Trinajstić information content (AvgIpc) is 2.68. The average molecular weight is 261 g/mol. The van der Waals surface area contributed by atoms with Crippen LogP contribution in [0.25, 0.3) is 11.2 Å². The predicted octanol–water partition coefficient (Wildman–Crippen LogP) is 2.27. The summed E-state index contributed by atoms with van der Waals surface area (Å²) in [5.74, 6) is 0.242. The van der Waals surface area contributed by atoms with Crippen molar-refractivity contribution in [3.63, 3.8) is 0 Å². The first kappa shape index (κ1) is 13.5. The fourth-order valence-electron chi connectivity index (χ4n) is 2.23. The molecular formula is C14H19N3O2. The van der Waals surface area contributed by atoms with Gasteiger partial charge in [0.1, 0.15) is 11.7 Å². The van der Waals surface area contributed by atoms with Crippen LogP contribution in [0.1, 0.15) is 32.5 Å². The van der Waals surface area contributed by atoms with Crippen molar-refractivity contribution in [3.8, 4) is 0 Å². The predicted molar refractivity (Wildman–Crippen MR) is 72.7 cm³/mol. The van der Waals surface area contributed by atoms with Crippen LogP contribution in [0, 0.1) is 5.92 Å². The smallest absolute Gasteiger partial charge is 0.316 e. The van der Waals surface area contributed by atoms with Crippen LogP contribution in [0.4, 0.5) is 0 Å². The van der Waals surface area contributed by atoms with E-state index >= 15 is 0 Å². The summed E-state index contributed by atoms with van der Waals surface area (Å²) in [4.78, 5) is 20.8. The first-order valence-electron chi connectivity index (χ1n) is 6.50. The normalized spacial score (nSPS) is 12.9. The minimum Gasteiger partial charge on any atom is -0.465 e. The molecule has 0 aliphatic carbocycles.